The lowest BCUT2D eigenvalue weighted by atomic mass is 9.99. The molecule has 0 saturated heterocycles. The molecular formula is C12H17ClO. The first-order chi connectivity index (χ1) is 6.77. The van der Waals surface area contributed by atoms with Crippen molar-refractivity contribution in [1.29, 1.82) is 0 Å². The van der Waals surface area contributed by atoms with E-state index in [0.29, 0.717) is 11.8 Å². The zero-order valence-corrected chi connectivity index (χ0v) is 9.55. The first kappa shape index (κ1) is 11.4. The molecule has 0 aliphatic rings. The number of alkyl halides is 1. The molecule has 0 N–H and O–H groups in total. The molecular weight excluding hydrogens is 196 g/mol. The van der Waals surface area contributed by atoms with Gasteiger partial charge in [0.25, 0.3) is 0 Å². The maximum atomic E-state index is 5.70. The van der Waals surface area contributed by atoms with E-state index in [1.54, 1.807) is 0 Å². The van der Waals surface area contributed by atoms with Gasteiger partial charge in [0.05, 0.1) is 6.61 Å². The van der Waals surface area contributed by atoms with Crippen molar-refractivity contribution >= 4 is 11.6 Å². The van der Waals surface area contributed by atoms with Crippen molar-refractivity contribution in [2.75, 3.05) is 12.5 Å². The third kappa shape index (κ3) is 3.22. The van der Waals surface area contributed by atoms with Crippen molar-refractivity contribution in [3.63, 3.8) is 0 Å². The number of hydrogen-bond donors (Lipinski definition) is 0. The summed E-state index contributed by atoms with van der Waals surface area (Å²) in [5, 5.41) is 0. The number of ether oxygens (including phenoxy) is 1. The van der Waals surface area contributed by atoms with Crippen LogP contribution in [-0.4, -0.2) is 12.5 Å². The van der Waals surface area contributed by atoms with Crippen LogP contribution in [0.2, 0.25) is 0 Å². The minimum Gasteiger partial charge on any atom is -0.494 e. The van der Waals surface area contributed by atoms with Gasteiger partial charge in [-0.2, -0.15) is 0 Å². The molecule has 0 fully saturated rings. The van der Waals surface area contributed by atoms with Gasteiger partial charge in [-0.15, -0.1) is 11.6 Å². The Bertz CT molecular complexity index is 256. The summed E-state index contributed by atoms with van der Waals surface area (Å²) in [4.78, 5) is 0. The van der Waals surface area contributed by atoms with Crippen LogP contribution in [0, 0.1) is 0 Å². The average molecular weight is 213 g/mol. The molecule has 1 nitrogen and oxygen atoms in total. The summed E-state index contributed by atoms with van der Waals surface area (Å²) in [6.45, 7) is 4.90. The van der Waals surface area contributed by atoms with Crippen molar-refractivity contribution in [3.05, 3.63) is 29.8 Å². The summed E-state index contributed by atoms with van der Waals surface area (Å²) in [6.07, 6.45) is 1.02. The predicted octanol–water partition coefficient (Wildman–Crippen LogP) is 3.82. The van der Waals surface area contributed by atoms with E-state index in [2.05, 4.69) is 19.1 Å². The Hall–Kier alpha value is -0.690. The first-order valence-electron chi connectivity index (χ1n) is 5.06. The number of benzene rings is 1. The van der Waals surface area contributed by atoms with Crippen LogP contribution in [0.3, 0.4) is 0 Å². The molecule has 1 aromatic carbocycles. The number of halogens is 1. The predicted molar refractivity (Wildman–Crippen MR) is 61.4 cm³/mol. The summed E-state index contributed by atoms with van der Waals surface area (Å²) in [6, 6.07) is 8.26. The molecule has 14 heavy (non-hydrogen) atoms. The Labute approximate surface area is 91.0 Å². The van der Waals surface area contributed by atoms with Crippen molar-refractivity contribution in [1.82, 2.24) is 0 Å². The second-order valence-corrected chi connectivity index (χ2v) is 3.76. The molecule has 78 valence electrons. The SMILES string of the molecule is CCOc1ccc(C(C)CCCl)cc1. The van der Waals surface area contributed by atoms with Crippen molar-refractivity contribution in [3.8, 4) is 5.75 Å². The molecule has 0 aliphatic carbocycles. The Kier molecular flexibility index (Phi) is 4.81. The highest BCUT2D eigenvalue weighted by molar-refractivity contribution is 6.17. The molecule has 0 saturated carbocycles. The molecule has 1 aromatic rings. The van der Waals surface area contributed by atoms with Crippen molar-refractivity contribution in [2.45, 2.75) is 26.2 Å². The molecule has 0 aromatic heterocycles. The fraction of sp³-hybridized carbons (Fsp3) is 0.500. The van der Waals surface area contributed by atoms with E-state index in [4.69, 9.17) is 16.3 Å². The zero-order chi connectivity index (χ0) is 10.4. The fourth-order valence-electron chi connectivity index (χ4n) is 1.39. The highest BCUT2D eigenvalue weighted by Crippen LogP contribution is 2.22. The Balaban J connectivity index is 2.62. The van der Waals surface area contributed by atoms with E-state index < -0.39 is 0 Å². The van der Waals surface area contributed by atoms with Crippen LogP contribution >= 0.6 is 11.6 Å². The second kappa shape index (κ2) is 5.92. The Morgan fingerprint density at radius 3 is 2.43 bits per heavy atom. The Morgan fingerprint density at radius 2 is 1.93 bits per heavy atom. The topological polar surface area (TPSA) is 9.23 Å². The smallest absolute Gasteiger partial charge is 0.119 e. The highest BCUT2D eigenvalue weighted by atomic mass is 35.5. The lowest BCUT2D eigenvalue weighted by Crippen LogP contribution is -1.95. The molecule has 1 unspecified atom stereocenters. The van der Waals surface area contributed by atoms with Crippen molar-refractivity contribution < 1.29 is 4.74 Å². The zero-order valence-electron chi connectivity index (χ0n) is 8.79. The van der Waals surface area contributed by atoms with E-state index in [1.165, 1.54) is 5.56 Å². The van der Waals surface area contributed by atoms with Gasteiger partial charge in [-0.1, -0.05) is 19.1 Å². The normalized spacial score (nSPS) is 12.5. The van der Waals surface area contributed by atoms with Crippen LogP contribution in [0.1, 0.15) is 31.7 Å². The molecule has 0 spiro atoms. The minimum absolute atomic E-state index is 0.531. The summed E-state index contributed by atoms with van der Waals surface area (Å²) in [5.41, 5.74) is 1.33. The van der Waals surface area contributed by atoms with E-state index >= 15 is 0 Å². The van der Waals surface area contributed by atoms with E-state index in [9.17, 15) is 0 Å². The van der Waals surface area contributed by atoms with Crippen LogP contribution in [0.15, 0.2) is 24.3 Å². The van der Waals surface area contributed by atoms with Crippen LogP contribution in [0.4, 0.5) is 0 Å². The van der Waals surface area contributed by atoms with Crippen LogP contribution in [0.5, 0.6) is 5.75 Å². The molecule has 0 bridgehead atoms. The summed E-state index contributed by atoms with van der Waals surface area (Å²) >= 11 is 5.70. The fourth-order valence-corrected chi connectivity index (χ4v) is 1.72. The maximum absolute atomic E-state index is 5.70. The molecule has 0 heterocycles. The standard InChI is InChI=1S/C12H17ClO/c1-3-14-12-6-4-11(5-7-12)10(2)8-9-13/h4-7,10H,3,8-9H2,1-2H3. The third-order valence-electron chi connectivity index (χ3n) is 2.30. The monoisotopic (exact) mass is 212 g/mol. The largest absolute Gasteiger partial charge is 0.494 e. The molecule has 0 aliphatic heterocycles. The van der Waals surface area contributed by atoms with E-state index in [1.807, 2.05) is 19.1 Å². The van der Waals surface area contributed by atoms with Gasteiger partial charge in [0.2, 0.25) is 0 Å². The highest BCUT2D eigenvalue weighted by Gasteiger charge is 2.04. The molecule has 2 heteroatoms. The van der Waals surface area contributed by atoms with E-state index in [-0.39, 0.29) is 0 Å². The van der Waals surface area contributed by atoms with Gasteiger partial charge in [-0.3, -0.25) is 0 Å². The minimum atomic E-state index is 0.531. The van der Waals surface area contributed by atoms with Gasteiger partial charge in [-0.05, 0) is 37.0 Å². The van der Waals surface area contributed by atoms with Crippen LogP contribution in [-0.2, 0) is 0 Å². The molecule has 1 atom stereocenters. The van der Waals surface area contributed by atoms with Gasteiger partial charge in [0, 0.05) is 5.88 Å². The summed E-state index contributed by atoms with van der Waals surface area (Å²) in [7, 11) is 0. The van der Waals surface area contributed by atoms with Crippen LogP contribution in [0.25, 0.3) is 0 Å². The first-order valence-corrected chi connectivity index (χ1v) is 5.60. The number of hydrogen-bond acceptors (Lipinski definition) is 1. The van der Waals surface area contributed by atoms with Gasteiger partial charge in [-0.25, -0.2) is 0 Å². The third-order valence-corrected chi connectivity index (χ3v) is 2.52. The molecule has 1 rings (SSSR count). The quantitative estimate of drug-likeness (QED) is 0.675. The molecule has 0 radical (unpaired) electrons. The van der Waals surface area contributed by atoms with Crippen molar-refractivity contribution in [2.24, 2.45) is 0 Å². The summed E-state index contributed by atoms with van der Waals surface area (Å²) in [5.74, 6) is 2.19. The number of rotatable bonds is 5. The summed E-state index contributed by atoms with van der Waals surface area (Å²) < 4.78 is 5.37. The van der Waals surface area contributed by atoms with Gasteiger partial charge in [0.1, 0.15) is 5.75 Å². The van der Waals surface area contributed by atoms with Gasteiger partial charge in [0.15, 0.2) is 0 Å². The van der Waals surface area contributed by atoms with Gasteiger partial charge >= 0.3 is 0 Å². The molecule has 0 amide bonds. The van der Waals surface area contributed by atoms with Crippen LogP contribution < -0.4 is 4.74 Å². The maximum Gasteiger partial charge on any atom is 0.119 e. The van der Waals surface area contributed by atoms with Gasteiger partial charge < -0.3 is 4.74 Å². The Morgan fingerprint density at radius 1 is 1.29 bits per heavy atom. The lowest BCUT2D eigenvalue weighted by molar-refractivity contribution is 0.340. The lowest BCUT2D eigenvalue weighted by Gasteiger charge is -2.10. The second-order valence-electron chi connectivity index (χ2n) is 3.38. The van der Waals surface area contributed by atoms with E-state index in [0.717, 1.165) is 18.8 Å². The average Bonchev–Trinajstić information content (AvgIpc) is 2.20.